The molecule has 1 atom stereocenters. The molecular formula is C22H19ClN2O3S. The van der Waals surface area contributed by atoms with Crippen LogP contribution in [0, 0.1) is 6.92 Å². The summed E-state index contributed by atoms with van der Waals surface area (Å²) < 4.78 is 6.34. The zero-order valence-electron chi connectivity index (χ0n) is 15.9. The summed E-state index contributed by atoms with van der Waals surface area (Å²) in [4.78, 5) is 13.7. The maximum atomic E-state index is 12.9. The van der Waals surface area contributed by atoms with E-state index in [0.717, 1.165) is 15.0 Å². The second kappa shape index (κ2) is 7.63. The van der Waals surface area contributed by atoms with E-state index in [1.54, 1.807) is 32.0 Å². The minimum atomic E-state index is -1.21. The number of hydrogen-bond donors (Lipinski definition) is 2. The maximum Gasteiger partial charge on any atom is 0.257 e. The molecule has 2 N–H and O–H groups in total. The third-order valence-corrected chi connectivity index (χ3v) is 6.47. The monoisotopic (exact) mass is 426 g/mol. The van der Waals surface area contributed by atoms with E-state index in [1.165, 1.54) is 11.3 Å². The SMILES string of the molecule is Cc1onc(-c2ccccc2Cl)c1C(=O)NCC(C)(O)c1cc2ccccc2s1. The molecule has 0 saturated carbocycles. The van der Waals surface area contributed by atoms with Crippen LogP contribution in [0.1, 0.15) is 27.9 Å². The van der Waals surface area contributed by atoms with Crippen molar-refractivity contribution in [1.29, 1.82) is 0 Å². The Morgan fingerprint density at radius 2 is 1.97 bits per heavy atom. The average Bonchev–Trinajstić information content (AvgIpc) is 3.31. The summed E-state index contributed by atoms with van der Waals surface area (Å²) in [6.07, 6.45) is 0. The van der Waals surface area contributed by atoms with E-state index >= 15 is 0 Å². The van der Waals surface area contributed by atoms with Crippen molar-refractivity contribution in [3.05, 3.63) is 75.8 Å². The summed E-state index contributed by atoms with van der Waals surface area (Å²) >= 11 is 7.77. The van der Waals surface area contributed by atoms with E-state index in [9.17, 15) is 9.90 Å². The number of benzene rings is 2. The highest BCUT2D eigenvalue weighted by Gasteiger charge is 2.29. The van der Waals surface area contributed by atoms with Crippen LogP contribution in [0.2, 0.25) is 5.02 Å². The lowest BCUT2D eigenvalue weighted by molar-refractivity contribution is 0.0557. The van der Waals surface area contributed by atoms with E-state index in [2.05, 4.69) is 10.5 Å². The summed E-state index contributed by atoms with van der Waals surface area (Å²) in [7, 11) is 0. The highest BCUT2D eigenvalue weighted by atomic mass is 35.5. The van der Waals surface area contributed by atoms with Gasteiger partial charge in [0.15, 0.2) is 0 Å². The third-order valence-electron chi connectivity index (χ3n) is 4.77. The molecule has 5 nitrogen and oxygen atoms in total. The number of hydrogen-bond acceptors (Lipinski definition) is 5. The van der Waals surface area contributed by atoms with E-state index in [0.29, 0.717) is 27.6 Å². The van der Waals surface area contributed by atoms with Crippen LogP contribution in [0.4, 0.5) is 0 Å². The van der Waals surface area contributed by atoms with Crippen molar-refractivity contribution < 1.29 is 14.4 Å². The molecule has 0 bridgehead atoms. The number of aromatic nitrogens is 1. The lowest BCUT2D eigenvalue weighted by Crippen LogP contribution is -2.38. The van der Waals surface area contributed by atoms with Gasteiger partial charge in [0.1, 0.15) is 22.6 Å². The van der Waals surface area contributed by atoms with E-state index in [-0.39, 0.29) is 12.5 Å². The van der Waals surface area contributed by atoms with Gasteiger partial charge in [-0.05, 0) is 37.4 Å². The Morgan fingerprint density at radius 3 is 2.72 bits per heavy atom. The number of aryl methyl sites for hydroxylation is 1. The van der Waals surface area contributed by atoms with Crippen molar-refractivity contribution in [2.45, 2.75) is 19.4 Å². The Labute approximate surface area is 176 Å². The molecule has 29 heavy (non-hydrogen) atoms. The molecule has 0 fully saturated rings. The van der Waals surface area contributed by atoms with Crippen molar-refractivity contribution in [3.8, 4) is 11.3 Å². The Kier molecular flexibility index (Phi) is 5.17. The van der Waals surface area contributed by atoms with Crippen molar-refractivity contribution in [2.24, 2.45) is 0 Å². The number of amides is 1. The van der Waals surface area contributed by atoms with E-state index < -0.39 is 5.60 Å². The summed E-state index contributed by atoms with van der Waals surface area (Å²) in [5.41, 5.74) is 0.0967. The summed E-state index contributed by atoms with van der Waals surface area (Å²) in [5, 5.41) is 19.3. The first-order valence-corrected chi connectivity index (χ1v) is 10.3. The Balaban J connectivity index is 1.57. The quantitative estimate of drug-likeness (QED) is 0.462. The fraction of sp³-hybridized carbons (Fsp3) is 0.182. The van der Waals surface area contributed by atoms with Gasteiger partial charge in [0.25, 0.3) is 5.91 Å². The highest BCUT2D eigenvalue weighted by Crippen LogP contribution is 2.34. The molecule has 0 aliphatic heterocycles. The number of aliphatic hydroxyl groups is 1. The number of fused-ring (bicyclic) bond motifs is 1. The van der Waals surface area contributed by atoms with E-state index in [4.69, 9.17) is 16.1 Å². The van der Waals surface area contributed by atoms with Crippen LogP contribution in [0.25, 0.3) is 21.3 Å². The molecule has 2 aromatic heterocycles. The maximum absolute atomic E-state index is 12.9. The first-order valence-electron chi connectivity index (χ1n) is 9.07. The van der Waals surface area contributed by atoms with Gasteiger partial charge < -0.3 is 14.9 Å². The number of halogens is 1. The average molecular weight is 427 g/mol. The molecular weight excluding hydrogens is 408 g/mol. The standard InChI is InChI=1S/C22H19ClN2O3S/c1-13-19(20(25-28-13)15-8-4-5-9-16(15)23)21(26)24-12-22(2,27)18-11-14-7-3-6-10-17(14)29-18/h3-11,27H,12H2,1-2H3,(H,24,26). The van der Waals surface area contributed by atoms with Gasteiger partial charge >= 0.3 is 0 Å². The number of nitrogens with one attached hydrogen (secondary N) is 1. The number of thiophene rings is 1. The zero-order valence-corrected chi connectivity index (χ0v) is 17.5. The Bertz CT molecular complexity index is 1160. The van der Waals surface area contributed by atoms with Crippen LogP contribution >= 0.6 is 22.9 Å². The van der Waals surface area contributed by atoms with Crippen molar-refractivity contribution >= 4 is 38.9 Å². The lowest BCUT2D eigenvalue weighted by Gasteiger charge is -2.22. The largest absolute Gasteiger partial charge is 0.383 e. The molecule has 2 aromatic carbocycles. The van der Waals surface area contributed by atoms with Crippen molar-refractivity contribution in [3.63, 3.8) is 0 Å². The van der Waals surface area contributed by atoms with Gasteiger partial charge in [-0.3, -0.25) is 4.79 Å². The van der Waals surface area contributed by atoms with Crippen molar-refractivity contribution in [2.75, 3.05) is 6.54 Å². The third kappa shape index (κ3) is 3.79. The second-order valence-electron chi connectivity index (χ2n) is 7.05. The number of carbonyl (C=O) groups is 1. The molecule has 0 spiro atoms. The second-order valence-corrected chi connectivity index (χ2v) is 8.54. The Hall–Kier alpha value is -2.67. The Morgan fingerprint density at radius 1 is 1.24 bits per heavy atom. The molecule has 0 aliphatic rings. The molecule has 1 amide bonds. The molecule has 2 heterocycles. The fourth-order valence-corrected chi connectivity index (χ4v) is 4.48. The number of rotatable bonds is 5. The molecule has 4 rings (SSSR count). The van der Waals surface area contributed by atoms with Crippen LogP contribution in [-0.2, 0) is 5.60 Å². The molecule has 7 heteroatoms. The zero-order chi connectivity index (χ0) is 20.6. The van der Waals surface area contributed by atoms with Crippen LogP contribution in [0.15, 0.2) is 59.1 Å². The van der Waals surface area contributed by atoms with Crippen LogP contribution in [0.5, 0.6) is 0 Å². The van der Waals surface area contributed by atoms with Gasteiger partial charge in [0, 0.05) is 15.1 Å². The minimum Gasteiger partial charge on any atom is -0.383 e. The van der Waals surface area contributed by atoms with Crippen LogP contribution in [0.3, 0.4) is 0 Å². The molecule has 148 valence electrons. The van der Waals surface area contributed by atoms with E-state index in [1.807, 2.05) is 36.4 Å². The molecule has 4 aromatic rings. The van der Waals surface area contributed by atoms with Gasteiger partial charge in [-0.1, -0.05) is 53.2 Å². The lowest BCUT2D eigenvalue weighted by atomic mass is 10.0. The first kappa shape index (κ1) is 19.6. The summed E-state index contributed by atoms with van der Waals surface area (Å²) in [6, 6.07) is 17.0. The predicted molar refractivity (Wildman–Crippen MR) is 115 cm³/mol. The number of nitrogens with zero attached hydrogens (tertiary/aromatic N) is 1. The molecule has 0 aliphatic carbocycles. The normalized spacial score (nSPS) is 13.4. The summed E-state index contributed by atoms with van der Waals surface area (Å²) in [6.45, 7) is 3.41. The van der Waals surface area contributed by atoms with Gasteiger partial charge in [0.05, 0.1) is 11.6 Å². The highest BCUT2D eigenvalue weighted by molar-refractivity contribution is 7.19. The van der Waals surface area contributed by atoms with Crippen LogP contribution in [-0.4, -0.2) is 22.7 Å². The smallest absolute Gasteiger partial charge is 0.257 e. The molecule has 0 saturated heterocycles. The first-order chi connectivity index (χ1) is 13.9. The van der Waals surface area contributed by atoms with Gasteiger partial charge in [-0.2, -0.15) is 0 Å². The molecule has 0 radical (unpaired) electrons. The topological polar surface area (TPSA) is 75.4 Å². The number of carbonyl (C=O) groups excluding carboxylic acids is 1. The van der Waals surface area contributed by atoms with Crippen molar-refractivity contribution in [1.82, 2.24) is 10.5 Å². The fourth-order valence-electron chi connectivity index (χ4n) is 3.15. The minimum absolute atomic E-state index is 0.0469. The predicted octanol–water partition coefficient (Wildman–Crippen LogP) is 5.16. The van der Waals surface area contributed by atoms with Gasteiger partial charge in [-0.25, -0.2) is 0 Å². The van der Waals surface area contributed by atoms with Gasteiger partial charge in [-0.15, -0.1) is 11.3 Å². The molecule has 1 unspecified atom stereocenters. The van der Waals surface area contributed by atoms with Gasteiger partial charge in [0.2, 0.25) is 0 Å². The summed E-state index contributed by atoms with van der Waals surface area (Å²) in [5.74, 6) is 0.0129. The van der Waals surface area contributed by atoms with Crippen LogP contribution < -0.4 is 5.32 Å².